The largest absolute Gasteiger partial charge is 0.478 e. The van der Waals surface area contributed by atoms with Gasteiger partial charge in [0, 0.05) is 5.92 Å². The van der Waals surface area contributed by atoms with E-state index in [1.165, 1.54) is 0 Å². The van der Waals surface area contributed by atoms with Gasteiger partial charge in [-0.15, -0.1) is 0 Å². The van der Waals surface area contributed by atoms with Crippen molar-refractivity contribution in [3.63, 3.8) is 0 Å². The second kappa shape index (κ2) is 5.15. The van der Waals surface area contributed by atoms with Gasteiger partial charge in [-0.2, -0.15) is 0 Å². The Bertz CT molecular complexity index is 686. The molecule has 112 valence electrons. The molecule has 1 fully saturated rings. The molecule has 5 heteroatoms. The molecule has 1 atom stereocenters. The van der Waals surface area contributed by atoms with Crippen LogP contribution in [0, 0.1) is 5.92 Å². The molecule has 1 heterocycles. The van der Waals surface area contributed by atoms with Gasteiger partial charge in [0.05, 0.1) is 29.2 Å². The minimum absolute atomic E-state index is 0.0279. The number of nitrogens with zero attached hydrogens (tertiary/aromatic N) is 2. The zero-order valence-corrected chi connectivity index (χ0v) is 12.3. The summed E-state index contributed by atoms with van der Waals surface area (Å²) in [6, 6.07) is 4.94. The van der Waals surface area contributed by atoms with Gasteiger partial charge in [0.25, 0.3) is 0 Å². The fourth-order valence-electron chi connectivity index (χ4n) is 2.81. The number of rotatable bonds is 5. The summed E-state index contributed by atoms with van der Waals surface area (Å²) < 4.78 is 2.06. The number of carbonyl (C=O) groups is 1. The molecule has 1 aromatic carbocycles. The molecule has 1 saturated carbocycles. The lowest BCUT2D eigenvalue weighted by Crippen LogP contribution is -2.21. The fraction of sp³-hybridized carbons (Fsp3) is 0.500. The smallest absolute Gasteiger partial charge is 0.335 e. The molecular formula is C16H20N2O3. The fourth-order valence-corrected chi connectivity index (χ4v) is 2.81. The van der Waals surface area contributed by atoms with Crippen LogP contribution in [0.1, 0.15) is 54.8 Å². The number of carboxylic acid groups (broad SMARTS) is 1. The van der Waals surface area contributed by atoms with Crippen molar-refractivity contribution >= 4 is 17.0 Å². The van der Waals surface area contributed by atoms with E-state index in [2.05, 4.69) is 23.4 Å². The van der Waals surface area contributed by atoms with E-state index in [1.54, 1.807) is 18.2 Å². The highest BCUT2D eigenvalue weighted by Gasteiger charge is 2.32. The summed E-state index contributed by atoms with van der Waals surface area (Å²) in [4.78, 5) is 15.9. The third-order valence-corrected chi connectivity index (χ3v) is 4.19. The van der Waals surface area contributed by atoms with Crippen molar-refractivity contribution in [2.45, 2.75) is 38.6 Å². The van der Waals surface area contributed by atoms with Crippen LogP contribution in [0.5, 0.6) is 0 Å². The molecule has 1 aliphatic carbocycles. The van der Waals surface area contributed by atoms with Crippen molar-refractivity contribution in [3.05, 3.63) is 29.6 Å². The zero-order chi connectivity index (χ0) is 15.1. The third-order valence-electron chi connectivity index (χ3n) is 4.19. The highest BCUT2D eigenvalue weighted by atomic mass is 16.4. The van der Waals surface area contributed by atoms with Crippen molar-refractivity contribution in [1.82, 2.24) is 9.55 Å². The monoisotopic (exact) mass is 288 g/mol. The summed E-state index contributed by atoms with van der Waals surface area (Å²) in [5.41, 5.74) is 1.87. The Labute approximate surface area is 123 Å². The molecule has 21 heavy (non-hydrogen) atoms. The zero-order valence-electron chi connectivity index (χ0n) is 12.3. The molecule has 0 unspecified atom stereocenters. The van der Waals surface area contributed by atoms with E-state index in [0.717, 1.165) is 29.7 Å². The van der Waals surface area contributed by atoms with Crippen LogP contribution in [0.2, 0.25) is 0 Å². The molecule has 0 spiro atoms. The van der Waals surface area contributed by atoms with E-state index in [9.17, 15) is 15.0 Å². The molecule has 2 aromatic rings. The molecule has 2 N–H and O–H groups in total. The van der Waals surface area contributed by atoms with Crippen molar-refractivity contribution in [2.75, 3.05) is 6.61 Å². The molecule has 5 nitrogen and oxygen atoms in total. The first-order chi connectivity index (χ1) is 10.0. The van der Waals surface area contributed by atoms with Crippen LogP contribution in [0.15, 0.2) is 18.2 Å². The molecule has 0 radical (unpaired) electrons. The highest BCUT2D eigenvalue weighted by molar-refractivity contribution is 5.92. The van der Waals surface area contributed by atoms with Crippen molar-refractivity contribution in [1.29, 1.82) is 0 Å². The number of aliphatic hydroxyl groups is 1. The maximum Gasteiger partial charge on any atom is 0.335 e. The van der Waals surface area contributed by atoms with E-state index in [4.69, 9.17) is 0 Å². The van der Waals surface area contributed by atoms with Crippen molar-refractivity contribution < 1.29 is 15.0 Å². The lowest BCUT2D eigenvalue weighted by molar-refractivity contribution is 0.0697. The number of aromatic nitrogens is 2. The molecule has 0 bridgehead atoms. The lowest BCUT2D eigenvalue weighted by atomic mass is 10.0. The quantitative estimate of drug-likeness (QED) is 0.887. The minimum Gasteiger partial charge on any atom is -0.478 e. The van der Waals surface area contributed by atoms with E-state index < -0.39 is 5.97 Å². The Morgan fingerprint density at radius 2 is 2.14 bits per heavy atom. The van der Waals surface area contributed by atoms with E-state index in [-0.39, 0.29) is 24.1 Å². The number of benzene rings is 1. The second-order valence-electron chi connectivity index (χ2n) is 6.12. The Morgan fingerprint density at radius 3 is 2.67 bits per heavy atom. The maximum absolute atomic E-state index is 11.2. The molecule has 3 rings (SSSR count). The van der Waals surface area contributed by atoms with Gasteiger partial charge in [-0.05, 0) is 37.0 Å². The average molecular weight is 288 g/mol. The van der Waals surface area contributed by atoms with Crippen LogP contribution in [0.4, 0.5) is 0 Å². The van der Waals surface area contributed by atoms with Crippen molar-refractivity contribution in [3.8, 4) is 0 Å². The highest BCUT2D eigenvalue weighted by Crippen LogP contribution is 2.42. The SMILES string of the molecule is CC(C)[C@H](CO)n1c(C2CC2)nc2ccc(C(=O)O)cc21. The first-order valence-corrected chi connectivity index (χ1v) is 7.39. The predicted molar refractivity (Wildman–Crippen MR) is 79.6 cm³/mol. The number of fused-ring (bicyclic) bond motifs is 1. The van der Waals surface area contributed by atoms with Gasteiger partial charge in [-0.25, -0.2) is 9.78 Å². The van der Waals surface area contributed by atoms with Crippen LogP contribution >= 0.6 is 0 Å². The Kier molecular flexibility index (Phi) is 3.45. The molecule has 1 aromatic heterocycles. The molecule has 1 aliphatic rings. The summed E-state index contributed by atoms with van der Waals surface area (Å²) in [7, 11) is 0. The summed E-state index contributed by atoms with van der Waals surface area (Å²) in [6.45, 7) is 4.15. The van der Waals surface area contributed by atoms with Gasteiger partial charge in [0.1, 0.15) is 5.82 Å². The topological polar surface area (TPSA) is 75.3 Å². The van der Waals surface area contributed by atoms with Gasteiger partial charge >= 0.3 is 5.97 Å². The predicted octanol–water partition coefficient (Wildman–Crippen LogP) is 2.80. The van der Waals surface area contributed by atoms with Crippen LogP contribution in [-0.2, 0) is 0 Å². The summed E-state index contributed by atoms with van der Waals surface area (Å²) in [5.74, 6) is 0.736. The van der Waals surface area contributed by atoms with Gasteiger partial charge in [0.2, 0.25) is 0 Å². The van der Waals surface area contributed by atoms with Gasteiger partial charge in [-0.1, -0.05) is 13.8 Å². The molecule has 0 amide bonds. The number of aromatic carboxylic acids is 1. The van der Waals surface area contributed by atoms with Crippen LogP contribution in [-0.4, -0.2) is 32.3 Å². The second-order valence-corrected chi connectivity index (χ2v) is 6.12. The first kappa shape index (κ1) is 14.1. The normalized spacial score (nSPS) is 16.6. The van der Waals surface area contributed by atoms with E-state index >= 15 is 0 Å². The number of carboxylic acids is 1. The minimum atomic E-state index is -0.942. The number of hydrogen-bond acceptors (Lipinski definition) is 3. The van der Waals surface area contributed by atoms with E-state index in [0.29, 0.717) is 5.92 Å². The standard InChI is InChI=1S/C16H20N2O3/c1-9(2)14(8-19)18-13-7-11(16(20)21)5-6-12(13)17-15(18)10-3-4-10/h5-7,9-10,14,19H,3-4,8H2,1-2H3,(H,20,21)/t14-/m0/s1. The molecule has 0 saturated heterocycles. The summed E-state index contributed by atoms with van der Waals surface area (Å²) in [5, 5.41) is 19.0. The maximum atomic E-state index is 11.2. The van der Waals surface area contributed by atoms with Crippen LogP contribution in [0.3, 0.4) is 0 Å². The van der Waals surface area contributed by atoms with Crippen LogP contribution in [0.25, 0.3) is 11.0 Å². The van der Waals surface area contributed by atoms with Gasteiger partial charge in [-0.3, -0.25) is 0 Å². The Morgan fingerprint density at radius 1 is 1.43 bits per heavy atom. The number of aliphatic hydroxyl groups excluding tert-OH is 1. The summed E-state index contributed by atoms with van der Waals surface area (Å²) >= 11 is 0. The average Bonchev–Trinajstić information content (AvgIpc) is 3.22. The first-order valence-electron chi connectivity index (χ1n) is 7.39. The molecule has 0 aliphatic heterocycles. The van der Waals surface area contributed by atoms with Gasteiger partial charge in [0.15, 0.2) is 0 Å². The number of imidazole rings is 1. The van der Waals surface area contributed by atoms with Crippen LogP contribution < -0.4 is 0 Å². The lowest BCUT2D eigenvalue weighted by Gasteiger charge is -2.23. The van der Waals surface area contributed by atoms with Gasteiger partial charge < -0.3 is 14.8 Å². The third kappa shape index (κ3) is 2.42. The molecular weight excluding hydrogens is 268 g/mol. The number of hydrogen-bond donors (Lipinski definition) is 2. The Hall–Kier alpha value is -1.88. The summed E-state index contributed by atoms with van der Waals surface area (Å²) in [6.07, 6.45) is 2.23. The Balaban J connectivity index is 2.23. The van der Waals surface area contributed by atoms with E-state index in [1.807, 2.05) is 0 Å². The van der Waals surface area contributed by atoms with Crippen molar-refractivity contribution in [2.24, 2.45) is 5.92 Å².